The highest BCUT2D eigenvalue weighted by Crippen LogP contribution is 2.42. The Labute approximate surface area is 161 Å². The van der Waals surface area contributed by atoms with Gasteiger partial charge in [0.05, 0.1) is 6.04 Å². The van der Waals surface area contributed by atoms with Gasteiger partial charge in [-0.2, -0.15) is 0 Å². The number of carbonyl (C=O) groups excluding carboxylic acids is 2. The van der Waals surface area contributed by atoms with E-state index in [0.717, 1.165) is 36.2 Å². The minimum atomic E-state index is -0.0775. The smallest absolute Gasteiger partial charge is 0.227 e. The van der Waals surface area contributed by atoms with E-state index in [1.807, 2.05) is 64.4 Å². The Kier molecular flexibility index (Phi) is 5.94. The first-order valence-corrected chi connectivity index (χ1v) is 9.80. The number of fused-ring (bicyclic) bond motifs is 1. The second-order valence-corrected chi connectivity index (χ2v) is 7.25. The lowest BCUT2D eigenvalue weighted by Crippen LogP contribution is -2.47. The molecule has 2 aromatic rings. The molecule has 0 spiro atoms. The molecular formula is C23H28N2O2. The van der Waals surface area contributed by atoms with Gasteiger partial charge in [-0.25, -0.2) is 0 Å². The van der Waals surface area contributed by atoms with Gasteiger partial charge in [0, 0.05) is 30.8 Å². The summed E-state index contributed by atoms with van der Waals surface area (Å²) in [4.78, 5) is 29.2. The number of unbranched alkanes of at least 4 members (excludes halogenated alkanes) is 1. The number of hydrogen-bond acceptors (Lipinski definition) is 2. The molecule has 0 fully saturated rings. The van der Waals surface area contributed by atoms with Gasteiger partial charge in [0.25, 0.3) is 0 Å². The first-order chi connectivity index (χ1) is 13.0. The number of hydrogen-bond donors (Lipinski definition) is 0. The van der Waals surface area contributed by atoms with E-state index >= 15 is 0 Å². The van der Waals surface area contributed by atoms with Gasteiger partial charge in [0.2, 0.25) is 11.8 Å². The summed E-state index contributed by atoms with van der Waals surface area (Å²) in [6, 6.07) is 17.7. The molecule has 2 atom stereocenters. The second-order valence-electron chi connectivity index (χ2n) is 7.25. The Morgan fingerprint density at radius 1 is 1.07 bits per heavy atom. The predicted molar refractivity (Wildman–Crippen MR) is 110 cm³/mol. The van der Waals surface area contributed by atoms with Crippen LogP contribution in [0.1, 0.15) is 58.1 Å². The number of rotatable bonds is 5. The summed E-state index contributed by atoms with van der Waals surface area (Å²) < 4.78 is 0. The number of amides is 2. The van der Waals surface area contributed by atoms with Gasteiger partial charge in [-0.1, -0.05) is 49.7 Å². The third-order valence-electron chi connectivity index (χ3n) is 5.26. The van der Waals surface area contributed by atoms with Crippen molar-refractivity contribution in [2.45, 2.75) is 58.5 Å². The molecule has 0 saturated heterocycles. The topological polar surface area (TPSA) is 40.6 Å². The molecule has 0 aliphatic carbocycles. The van der Waals surface area contributed by atoms with E-state index in [2.05, 4.69) is 13.8 Å². The molecule has 0 N–H and O–H groups in total. The molecule has 0 bridgehead atoms. The predicted octanol–water partition coefficient (Wildman–Crippen LogP) is 5.10. The molecule has 1 aliphatic rings. The fourth-order valence-corrected chi connectivity index (χ4v) is 4.02. The minimum absolute atomic E-state index is 0.0129. The SMILES string of the molecule is CCCCC(=O)N1c2ccccc2[C@H](N(C(C)=O)c2ccccc2)C[C@@H]1C. The van der Waals surface area contributed by atoms with Crippen LogP contribution >= 0.6 is 0 Å². The zero-order chi connectivity index (χ0) is 19.4. The van der Waals surface area contributed by atoms with Crippen LogP contribution < -0.4 is 9.80 Å². The van der Waals surface area contributed by atoms with E-state index in [1.165, 1.54) is 0 Å². The minimum Gasteiger partial charge on any atom is -0.309 e. The molecule has 1 heterocycles. The third-order valence-corrected chi connectivity index (χ3v) is 5.26. The molecule has 4 nitrogen and oxygen atoms in total. The summed E-state index contributed by atoms with van der Waals surface area (Å²) in [6.45, 7) is 5.79. The van der Waals surface area contributed by atoms with Crippen LogP contribution in [-0.4, -0.2) is 17.9 Å². The van der Waals surface area contributed by atoms with Gasteiger partial charge in [-0.3, -0.25) is 9.59 Å². The van der Waals surface area contributed by atoms with Crippen molar-refractivity contribution in [3.63, 3.8) is 0 Å². The first-order valence-electron chi connectivity index (χ1n) is 9.80. The summed E-state index contributed by atoms with van der Waals surface area (Å²) in [7, 11) is 0. The maximum atomic E-state index is 12.9. The summed E-state index contributed by atoms with van der Waals surface area (Å²) in [5, 5.41) is 0. The van der Waals surface area contributed by atoms with Gasteiger partial charge in [-0.05, 0) is 43.5 Å². The van der Waals surface area contributed by atoms with Crippen molar-refractivity contribution in [1.82, 2.24) is 0 Å². The van der Waals surface area contributed by atoms with Crippen LogP contribution in [0.15, 0.2) is 54.6 Å². The lowest BCUT2D eigenvalue weighted by atomic mass is 9.89. The Balaban J connectivity index is 2.02. The van der Waals surface area contributed by atoms with Crippen molar-refractivity contribution in [2.24, 2.45) is 0 Å². The monoisotopic (exact) mass is 364 g/mol. The van der Waals surface area contributed by atoms with Crippen LogP contribution in [0.3, 0.4) is 0 Å². The van der Waals surface area contributed by atoms with E-state index < -0.39 is 0 Å². The van der Waals surface area contributed by atoms with Crippen LogP contribution in [0.5, 0.6) is 0 Å². The van der Waals surface area contributed by atoms with E-state index in [4.69, 9.17) is 0 Å². The van der Waals surface area contributed by atoms with Gasteiger partial charge in [-0.15, -0.1) is 0 Å². The van der Waals surface area contributed by atoms with E-state index in [-0.39, 0.29) is 23.9 Å². The van der Waals surface area contributed by atoms with Crippen molar-refractivity contribution < 1.29 is 9.59 Å². The fourth-order valence-electron chi connectivity index (χ4n) is 4.02. The van der Waals surface area contributed by atoms with Crippen LogP contribution in [0.25, 0.3) is 0 Å². The second kappa shape index (κ2) is 8.38. The molecule has 0 aromatic heterocycles. The Morgan fingerprint density at radius 3 is 2.41 bits per heavy atom. The Morgan fingerprint density at radius 2 is 1.74 bits per heavy atom. The molecule has 0 saturated carbocycles. The molecule has 3 rings (SSSR count). The number of anilines is 2. The Bertz CT molecular complexity index is 803. The van der Waals surface area contributed by atoms with Crippen LogP contribution in [0, 0.1) is 0 Å². The number of para-hydroxylation sites is 2. The largest absolute Gasteiger partial charge is 0.309 e. The maximum Gasteiger partial charge on any atom is 0.227 e. The highest BCUT2D eigenvalue weighted by molar-refractivity contribution is 5.97. The van der Waals surface area contributed by atoms with Crippen LogP contribution in [-0.2, 0) is 9.59 Å². The van der Waals surface area contributed by atoms with Crippen molar-refractivity contribution >= 4 is 23.2 Å². The molecular weight excluding hydrogens is 336 g/mol. The lowest BCUT2D eigenvalue weighted by Gasteiger charge is -2.43. The fraction of sp³-hybridized carbons (Fsp3) is 0.391. The van der Waals surface area contributed by atoms with Crippen LogP contribution in [0.4, 0.5) is 11.4 Å². The van der Waals surface area contributed by atoms with Crippen molar-refractivity contribution in [1.29, 1.82) is 0 Å². The van der Waals surface area contributed by atoms with Gasteiger partial charge in [0.15, 0.2) is 0 Å². The summed E-state index contributed by atoms with van der Waals surface area (Å²) in [5.41, 5.74) is 2.87. The van der Waals surface area contributed by atoms with Crippen molar-refractivity contribution in [2.75, 3.05) is 9.80 Å². The zero-order valence-corrected chi connectivity index (χ0v) is 16.4. The van der Waals surface area contributed by atoms with E-state index in [0.29, 0.717) is 6.42 Å². The molecule has 27 heavy (non-hydrogen) atoms. The van der Waals surface area contributed by atoms with Crippen molar-refractivity contribution in [3.05, 3.63) is 60.2 Å². The molecule has 2 aromatic carbocycles. The maximum absolute atomic E-state index is 12.9. The van der Waals surface area contributed by atoms with Gasteiger partial charge >= 0.3 is 0 Å². The van der Waals surface area contributed by atoms with Crippen molar-refractivity contribution in [3.8, 4) is 0 Å². The summed E-state index contributed by atoms with van der Waals surface area (Å²) >= 11 is 0. The highest BCUT2D eigenvalue weighted by atomic mass is 16.2. The number of benzene rings is 2. The molecule has 142 valence electrons. The zero-order valence-electron chi connectivity index (χ0n) is 16.4. The summed E-state index contributed by atoms with van der Waals surface area (Å²) in [6.07, 6.45) is 3.19. The average Bonchev–Trinajstić information content (AvgIpc) is 2.67. The lowest BCUT2D eigenvalue weighted by molar-refractivity contribution is -0.119. The average molecular weight is 364 g/mol. The highest BCUT2D eigenvalue weighted by Gasteiger charge is 2.37. The Hall–Kier alpha value is -2.62. The molecule has 2 amide bonds. The van der Waals surface area contributed by atoms with E-state index in [9.17, 15) is 9.59 Å². The summed E-state index contributed by atoms with van der Waals surface area (Å²) in [5.74, 6) is 0.184. The quantitative estimate of drug-likeness (QED) is 0.741. The van der Waals surface area contributed by atoms with Gasteiger partial charge < -0.3 is 9.80 Å². The molecule has 0 unspecified atom stereocenters. The molecule has 1 aliphatic heterocycles. The number of nitrogens with zero attached hydrogens (tertiary/aromatic N) is 2. The molecule has 0 radical (unpaired) electrons. The van der Waals surface area contributed by atoms with Gasteiger partial charge in [0.1, 0.15) is 0 Å². The number of carbonyl (C=O) groups is 2. The van der Waals surface area contributed by atoms with E-state index in [1.54, 1.807) is 6.92 Å². The normalized spacial score (nSPS) is 18.7. The first kappa shape index (κ1) is 19.2. The standard InChI is InChI=1S/C23H28N2O2/c1-4-5-15-23(27)24-17(2)16-22(20-13-9-10-14-21(20)24)25(18(3)26)19-11-7-6-8-12-19/h6-14,17,22H,4-5,15-16H2,1-3H3/t17-,22+/m0/s1. The third kappa shape index (κ3) is 3.90. The molecule has 4 heteroatoms. The van der Waals surface area contributed by atoms with Crippen LogP contribution in [0.2, 0.25) is 0 Å².